The summed E-state index contributed by atoms with van der Waals surface area (Å²) in [5.74, 6) is 1.42. The van der Waals surface area contributed by atoms with E-state index >= 15 is 0 Å². The highest BCUT2D eigenvalue weighted by Crippen LogP contribution is 2.30. The van der Waals surface area contributed by atoms with Gasteiger partial charge in [0.05, 0.1) is 11.6 Å². The van der Waals surface area contributed by atoms with Crippen LogP contribution in [0, 0.1) is 5.92 Å². The highest BCUT2D eigenvalue weighted by atomic mass is 35.5. The molecule has 18 heavy (non-hydrogen) atoms. The van der Waals surface area contributed by atoms with E-state index < -0.39 is 0 Å². The van der Waals surface area contributed by atoms with Gasteiger partial charge < -0.3 is 10.1 Å². The number of benzene rings is 1. The van der Waals surface area contributed by atoms with Crippen LogP contribution < -0.4 is 10.1 Å². The molecule has 1 fully saturated rings. The van der Waals surface area contributed by atoms with E-state index in [0.29, 0.717) is 10.9 Å². The lowest BCUT2D eigenvalue weighted by molar-refractivity contribution is 0.262. The van der Waals surface area contributed by atoms with Crippen LogP contribution in [0.5, 0.6) is 5.75 Å². The lowest BCUT2D eigenvalue weighted by Crippen LogP contribution is -2.15. The Balaban J connectivity index is 1.85. The molecule has 3 rings (SSSR count). The van der Waals surface area contributed by atoms with E-state index in [1.165, 1.54) is 6.42 Å². The maximum atomic E-state index is 6.15. The predicted molar refractivity (Wildman–Crippen MR) is 73.2 cm³/mol. The van der Waals surface area contributed by atoms with Crippen molar-refractivity contribution in [2.24, 2.45) is 5.92 Å². The number of nitrogens with one attached hydrogen (secondary N) is 1. The van der Waals surface area contributed by atoms with Gasteiger partial charge in [0.15, 0.2) is 0 Å². The number of fused-ring (bicyclic) bond motifs is 1. The van der Waals surface area contributed by atoms with Gasteiger partial charge in [-0.25, -0.2) is 0 Å². The normalized spacial score (nSPS) is 19.3. The molecule has 2 heterocycles. The van der Waals surface area contributed by atoms with Crippen LogP contribution in [0.2, 0.25) is 5.02 Å². The number of aromatic nitrogens is 1. The van der Waals surface area contributed by atoms with E-state index in [0.717, 1.165) is 36.3 Å². The number of hydrogen-bond acceptors (Lipinski definition) is 3. The van der Waals surface area contributed by atoms with E-state index in [1.807, 2.05) is 24.3 Å². The molecule has 1 aromatic heterocycles. The molecular weight excluding hydrogens is 248 g/mol. The van der Waals surface area contributed by atoms with Crippen molar-refractivity contribution in [2.45, 2.75) is 6.42 Å². The SMILES string of the molecule is Clc1ccc(OCC2CCNC2)c2ncccc12. The second-order valence-electron chi connectivity index (χ2n) is 4.61. The summed E-state index contributed by atoms with van der Waals surface area (Å²) in [6.07, 6.45) is 2.95. The smallest absolute Gasteiger partial charge is 0.145 e. The minimum Gasteiger partial charge on any atom is -0.491 e. The Morgan fingerprint density at radius 3 is 3.17 bits per heavy atom. The Bertz CT molecular complexity index is 552. The van der Waals surface area contributed by atoms with E-state index in [9.17, 15) is 0 Å². The molecule has 1 unspecified atom stereocenters. The Hall–Kier alpha value is -1.32. The fraction of sp³-hybridized carbons (Fsp3) is 0.357. The van der Waals surface area contributed by atoms with Crippen LogP contribution in [0.15, 0.2) is 30.5 Å². The van der Waals surface area contributed by atoms with Crippen molar-refractivity contribution in [1.82, 2.24) is 10.3 Å². The standard InChI is InChI=1S/C14H15ClN2O/c15-12-3-4-13(14-11(12)2-1-6-17-14)18-9-10-5-7-16-8-10/h1-4,6,10,16H,5,7-9H2. The van der Waals surface area contributed by atoms with Gasteiger partial charge in [0, 0.05) is 24.0 Å². The van der Waals surface area contributed by atoms with Crippen LogP contribution in [-0.4, -0.2) is 24.7 Å². The van der Waals surface area contributed by atoms with Crippen molar-refractivity contribution in [3.63, 3.8) is 0 Å². The van der Waals surface area contributed by atoms with Crippen molar-refractivity contribution >= 4 is 22.5 Å². The predicted octanol–water partition coefficient (Wildman–Crippen LogP) is 2.88. The second-order valence-corrected chi connectivity index (χ2v) is 5.02. The van der Waals surface area contributed by atoms with Gasteiger partial charge in [-0.1, -0.05) is 11.6 Å². The molecule has 1 aliphatic rings. The quantitative estimate of drug-likeness (QED) is 0.924. The van der Waals surface area contributed by atoms with Crippen molar-refractivity contribution in [1.29, 1.82) is 0 Å². The molecule has 0 amide bonds. The molecule has 94 valence electrons. The summed E-state index contributed by atoms with van der Waals surface area (Å²) in [7, 11) is 0. The van der Waals surface area contributed by atoms with Gasteiger partial charge in [0.1, 0.15) is 11.3 Å². The lowest BCUT2D eigenvalue weighted by Gasteiger charge is -2.12. The van der Waals surface area contributed by atoms with Gasteiger partial charge in [-0.2, -0.15) is 0 Å². The minimum absolute atomic E-state index is 0.597. The molecule has 1 aliphatic heterocycles. The molecule has 3 nitrogen and oxygen atoms in total. The topological polar surface area (TPSA) is 34.1 Å². The number of halogens is 1. The van der Waals surface area contributed by atoms with Gasteiger partial charge in [0.2, 0.25) is 0 Å². The third-order valence-corrected chi connectivity index (χ3v) is 3.65. The first-order valence-corrected chi connectivity index (χ1v) is 6.59. The zero-order valence-corrected chi connectivity index (χ0v) is 10.8. The Labute approximate surface area is 111 Å². The summed E-state index contributed by atoms with van der Waals surface area (Å²) < 4.78 is 5.90. The van der Waals surface area contributed by atoms with Crippen LogP contribution >= 0.6 is 11.6 Å². The van der Waals surface area contributed by atoms with Crippen LogP contribution in [0.1, 0.15) is 6.42 Å². The zero-order valence-electron chi connectivity index (χ0n) is 10.0. The first-order valence-electron chi connectivity index (χ1n) is 6.21. The molecular formula is C14H15ClN2O. The van der Waals surface area contributed by atoms with Crippen LogP contribution in [0.3, 0.4) is 0 Å². The average Bonchev–Trinajstić information content (AvgIpc) is 2.92. The molecule has 4 heteroatoms. The molecule has 0 aliphatic carbocycles. The molecule has 1 atom stereocenters. The summed E-state index contributed by atoms with van der Waals surface area (Å²) in [5, 5.41) is 5.00. The first kappa shape index (κ1) is 11.8. The van der Waals surface area contributed by atoms with E-state index in [1.54, 1.807) is 6.20 Å². The fourth-order valence-corrected chi connectivity index (χ4v) is 2.51. The molecule has 1 saturated heterocycles. The van der Waals surface area contributed by atoms with Crippen molar-refractivity contribution in [2.75, 3.05) is 19.7 Å². The first-order chi connectivity index (χ1) is 8.84. The summed E-state index contributed by atoms with van der Waals surface area (Å²) in [4.78, 5) is 4.36. The highest BCUT2D eigenvalue weighted by Gasteiger charge is 2.16. The molecule has 1 N–H and O–H groups in total. The summed E-state index contributed by atoms with van der Waals surface area (Å²) in [5.41, 5.74) is 0.843. The molecule has 0 radical (unpaired) electrons. The van der Waals surface area contributed by atoms with Gasteiger partial charge >= 0.3 is 0 Å². The van der Waals surface area contributed by atoms with Crippen molar-refractivity contribution in [3.8, 4) is 5.75 Å². The molecule has 2 aromatic rings. The van der Waals surface area contributed by atoms with E-state index in [2.05, 4.69) is 10.3 Å². The van der Waals surface area contributed by atoms with Crippen molar-refractivity contribution in [3.05, 3.63) is 35.5 Å². The Kier molecular flexibility index (Phi) is 3.35. The van der Waals surface area contributed by atoms with Gasteiger partial charge in [-0.15, -0.1) is 0 Å². The number of rotatable bonds is 3. The lowest BCUT2D eigenvalue weighted by atomic mass is 10.1. The summed E-state index contributed by atoms with van der Waals surface area (Å²) >= 11 is 6.15. The summed E-state index contributed by atoms with van der Waals surface area (Å²) in [6.45, 7) is 2.87. The summed E-state index contributed by atoms with van der Waals surface area (Å²) in [6, 6.07) is 7.63. The van der Waals surface area contributed by atoms with Crippen molar-refractivity contribution < 1.29 is 4.74 Å². The maximum Gasteiger partial charge on any atom is 0.145 e. The molecule has 1 aromatic carbocycles. The monoisotopic (exact) mass is 262 g/mol. The van der Waals surface area contributed by atoms with Crippen LogP contribution in [-0.2, 0) is 0 Å². The van der Waals surface area contributed by atoms with Crippen LogP contribution in [0.4, 0.5) is 0 Å². The largest absolute Gasteiger partial charge is 0.491 e. The van der Waals surface area contributed by atoms with Gasteiger partial charge in [0.25, 0.3) is 0 Å². The second kappa shape index (κ2) is 5.12. The highest BCUT2D eigenvalue weighted by molar-refractivity contribution is 6.35. The third kappa shape index (κ3) is 2.28. The Morgan fingerprint density at radius 1 is 1.39 bits per heavy atom. The third-order valence-electron chi connectivity index (χ3n) is 3.32. The minimum atomic E-state index is 0.597. The van der Waals surface area contributed by atoms with E-state index in [4.69, 9.17) is 16.3 Å². The van der Waals surface area contributed by atoms with Gasteiger partial charge in [-0.05, 0) is 37.2 Å². The van der Waals surface area contributed by atoms with Gasteiger partial charge in [-0.3, -0.25) is 4.98 Å². The fourth-order valence-electron chi connectivity index (χ4n) is 2.29. The number of ether oxygens (including phenoxy) is 1. The zero-order chi connectivity index (χ0) is 12.4. The maximum absolute atomic E-state index is 6.15. The average molecular weight is 263 g/mol. The molecule has 0 spiro atoms. The number of hydrogen-bond donors (Lipinski definition) is 1. The molecule has 0 saturated carbocycles. The van der Waals surface area contributed by atoms with E-state index in [-0.39, 0.29) is 0 Å². The molecule has 0 bridgehead atoms. The number of nitrogens with zero attached hydrogens (tertiary/aromatic N) is 1. The Morgan fingerprint density at radius 2 is 2.33 bits per heavy atom. The van der Waals surface area contributed by atoms with Crippen LogP contribution in [0.25, 0.3) is 10.9 Å². The number of pyridine rings is 1.